The van der Waals surface area contributed by atoms with Gasteiger partial charge in [0.25, 0.3) is 0 Å². The molecule has 19 heavy (non-hydrogen) atoms. The van der Waals surface area contributed by atoms with Crippen molar-refractivity contribution in [3.05, 3.63) is 29.8 Å². The molecule has 2 heteroatoms. The second-order valence-electron chi connectivity index (χ2n) is 5.33. The largest absolute Gasteiger partial charge is 0.497 e. The predicted molar refractivity (Wildman–Crippen MR) is 82.9 cm³/mol. The van der Waals surface area contributed by atoms with Crippen LogP contribution in [-0.2, 0) is 6.42 Å². The number of hydrogen-bond donors (Lipinski definition) is 1. The third-order valence-corrected chi connectivity index (χ3v) is 3.62. The van der Waals surface area contributed by atoms with Gasteiger partial charge in [0.1, 0.15) is 5.75 Å². The zero-order valence-electron chi connectivity index (χ0n) is 12.7. The summed E-state index contributed by atoms with van der Waals surface area (Å²) in [6.07, 6.45) is 7.86. The number of ether oxygens (including phenoxy) is 1. The van der Waals surface area contributed by atoms with Crippen molar-refractivity contribution in [2.45, 2.75) is 45.4 Å². The summed E-state index contributed by atoms with van der Waals surface area (Å²) in [5.41, 5.74) is 1.38. The molecule has 1 unspecified atom stereocenters. The van der Waals surface area contributed by atoms with E-state index in [-0.39, 0.29) is 0 Å². The first-order valence-corrected chi connectivity index (χ1v) is 7.57. The maximum absolute atomic E-state index is 5.29. The van der Waals surface area contributed by atoms with Crippen molar-refractivity contribution < 1.29 is 4.74 Å². The van der Waals surface area contributed by atoms with Crippen LogP contribution in [0.25, 0.3) is 0 Å². The van der Waals surface area contributed by atoms with Crippen LogP contribution in [0.4, 0.5) is 0 Å². The van der Waals surface area contributed by atoms with Crippen molar-refractivity contribution in [1.82, 2.24) is 5.32 Å². The second-order valence-corrected chi connectivity index (χ2v) is 5.33. The highest BCUT2D eigenvalue weighted by atomic mass is 16.5. The Kier molecular flexibility index (Phi) is 8.31. The molecule has 0 spiro atoms. The molecule has 1 N–H and O–H groups in total. The molecule has 0 aliphatic rings. The Hall–Kier alpha value is -1.02. The monoisotopic (exact) mass is 263 g/mol. The van der Waals surface area contributed by atoms with Gasteiger partial charge in [-0.2, -0.15) is 0 Å². The Bertz CT molecular complexity index is 338. The van der Waals surface area contributed by atoms with Crippen LogP contribution < -0.4 is 10.1 Å². The van der Waals surface area contributed by atoms with E-state index in [1.54, 1.807) is 7.11 Å². The van der Waals surface area contributed by atoms with Crippen LogP contribution in [0.1, 0.15) is 44.6 Å². The summed E-state index contributed by atoms with van der Waals surface area (Å²) in [6, 6.07) is 8.46. The summed E-state index contributed by atoms with van der Waals surface area (Å²) in [5.74, 6) is 1.70. The lowest BCUT2D eigenvalue weighted by atomic mass is 9.93. The van der Waals surface area contributed by atoms with Crippen LogP contribution in [0.3, 0.4) is 0 Å². The molecule has 0 saturated carbocycles. The first kappa shape index (κ1) is 16.0. The van der Waals surface area contributed by atoms with Gasteiger partial charge in [0.2, 0.25) is 0 Å². The molecule has 0 fully saturated rings. The fourth-order valence-corrected chi connectivity index (χ4v) is 2.56. The van der Waals surface area contributed by atoms with Crippen molar-refractivity contribution in [1.29, 1.82) is 0 Å². The summed E-state index contributed by atoms with van der Waals surface area (Å²) in [4.78, 5) is 0. The van der Waals surface area contributed by atoms with Crippen LogP contribution in [0.5, 0.6) is 5.75 Å². The van der Waals surface area contributed by atoms with E-state index in [1.807, 2.05) is 13.1 Å². The highest BCUT2D eigenvalue weighted by molar-refractivity contribution is 5.28. The predicted octanol–water partition coefficient (Wildman–Crippen LogP) is 4.04. The van der Waals surface area contributed by atoms with E-state index in [0.29, 0.717) is 0 Å². The topological polar surface area (TPSA) is 21.3 Å². The molecule has 2 nitrogen and oxygen atoms in total. The molecule has 0 aromatic heterocycles. The molecule has 0 aliphatic heterocycles. The number of hydrogen-bond acceptors (Lipinski definition) is 2. The fraction of sp³-hybridized carbons (Fsp3) is 0.647. The van der Waals surface area contributed by atoms with Crippen LogP contribution in [-0.4, -0.2) is 20.7 Å². The SMILES string of the molecule is CCCCCCC(CNC)Cc1cccc(OC)c1. The van der Waals surface area contributed by atoms with E-state index >= 15 is 0 Å². The van der Waals surface area contributed by atoms with Crippen LogP contribution in [0, 0.1) is 5.92 Å². The first-order valence-electron chi connectivity index (χ1n) is 7.57. The number of rotatable bonds is 10. The minimum Gasteiger partial charge on any atom is -0.497 e. The minimum absolute atomic E-state index is 0.731. The fourth-order valence-electron chi connectivity index (χ4n) is 2.56. The highest BCUT2D eigenvalue weighted by Crippen LogP contribution is 2.19. The van der Waals surface area contributed by atoms with E-state index < -0.39 is 0 Å². The summed E-state index contributed by atoms with van der Waals surface area (Å²) < 4.78 is 5.29. The van der Waals surface area contributed by atoms with E-state index in [1.165, 1.54) is 37.7 Å². The van der Waals surface area contributed by atoms with E-state index in [4.69, 9.17) is 4.74 Å². The van der Waals surface area contributed by atoms with Crippen molar-refractivity contribution in [2.75, 3.05) is 20.7 Å². The van der Waals surface area contributed by atoms with E-state index in [9.17, 15) is 0 Å². The summed E-state index contributed by atoms with van der Waals surface area (Å²) in [6.45, 7) is 3.37. The Morgan fingerprint density at radius 1 is 1.21 bits per heavy atom. The standard InChI is InChI=1S/C17H29NO/c1-4-5-6-7-9-16(14-18-2)12-15-10-8-11-17(13-15)19-3/h8,10-11,13,16,18H,4-7,9,12,14H2,1-3H3. The smallest absolute Gasteiger partial charge is 0.119 e. The molecule has 1 atom stereocenters. The van der Waals surface area contributed by atoms with Crippen molar-refractivity contribution in [3.63, 3.8) is 0 Å². The molecule has 1 aromatic rings. The minimum atomic E-state index is 0.731. The third-order valence-electron chi connectivity index (χ3n) is 3.62. The maximum Gasteiger partial charge on any atom is 0.119 e. The molecule has 0 aliphatic carbocycles. The zero-order valence-corrected chi connectivity index (χ0v) is 12.7. The molecular weight excluding hydrogens is 234 g/mol. The lowest BCUT2D eigenvalue weighted by Crippen LogP contribution is -2.20. The molecule has 0 heterocycles. The average molecular weight is 263 g/mol. The van der Waals surface area contributed by atoms with E-state index in [2.05, 4.69) is 30.4 Å². The second kappa shape index (κ2) is 9.85. The lowest BCUT2D eigenvalue weighted by Gasteiger charge is -2.17. The number of benzene rings is 1. The van der Waals surface area contributed by atoms with Crippen molar-refractivity contribution in [3.8, 4) is 5.75 Å². The molecule has 0 saturated heterocycles. The molecule has 0 amide bonds. The van der Waals surface area contributed by atoms with Crippen LogP contribution >= 0.6 is 0 Å². The molecule has 1 rings (SSSR count). The van der Waals surface area contributed by atoms with E-state index in [0.717, 1.165) is 24.6 Å². The van der Waals surface area contributed by atoms with Gasteiger partial charge < -0.3 is 10.1 Å². The van der Waals surface area contributed by atoms with Gasteiger partial charge in [-0.15, -0.1) is 0 Å². The number of methoxy groups -OCH3 is 1. The Morgan fingerprint density at radius 3 is 2.74 bits per heavy atom. The lowest BCUT2D eigenvalue weighted by molar-refractivity contribution is 0.411. The van der Waals surface area contributed by atoms with Gasteiger partial charge in [-0.05, 0) is 50.0 Å². The number of unbranched alkanes of at least 4 members (excludes halogenated alkanes) is 3. The van der Waals surface area contributed by atoms with Crippen molar-refractivity contribution in [2.24, 2.45) is 5.92 Å². The quantitative estimate of drug-likeness (QED) is 0.643. The first-order chi connectivity index (χ1) is 9.30. The zero-order chi connectivity index (χ0) is 13.9. The van der Waals surface area contributed by atoms with Gasteiger partial charge in [0.15, 0.2) is 0 Å². The Labute approximate surface area is 118 Å². The normalized spacial score (nSPS) is 12.4. The van der Waals surface area contributed by atoms with Crippen LogP contribution in [0.2, 0.25) is 0 Å². The average Bonchev–Trinajstić information content (AvgIpc) is 2.44. The molecule has 1 aromatic carbocycles. The summed E-state index contributed by atoms with van der Waals surface area (Å²) in [5, 5.41) is 3.33. The van der Waals surface area contributed by atoms with Gasteiger partial charge >= 0.3 is 0 Å². The Balaban J connectivity index is 2.46. The molecule has 108 valence electrons. The maximum atomic E-state index is 5.29. The van der Waals surface area contributed by atoms with Crippen LogP contribution in [0.15, 0.2) is 24.3 Å². The van der Waals surface area contributed by atoms with Gasteiger partial charge in [0.05, 0.1) is 7.11 Å². The van der Waals surface area contributed by atoms with Gasteiger partial charge in [0, 0.05) is 0 Å². The summed E-state index contributed by atoms with van der Waals surface area (Å²) in [7, 11) is 3.78. The third kappa shape index (κ3) is 6.63. The van der Waals surface area contributed by atoms with Gasteiger partial charge in [-0.25, -0.2) is 0 Å². The molecule has 0 bridgehead atoms. The Morgan fingerprint density at radius 2 is 2.05 bits per heavy atom. The highest BCUT2D eigenvalue weighted by Gasteiger charge is 2.09. The van der Waals surface area contributed by atoms with Gasteiger partial charge in [-0.3, -0.25) is 0 Å². The molecule has 0 radical (unpaired) electrons. The number of nitrogens with one attached hydrogen (secondary N) is 1. The molecular formula is C17H29NO. The van der Waals surface area contributed by atoms with Crippen molar-refractivity contribution >= 4 is 0 Å². The van der Waals surface area contributed by atoms with Gasteiger partial charge in [-0.1, -0.05) is 44.7 Å². The summed E-state index contributed by atoms with van der Waals surface area (Å²) >= 11 is 0.